The molecule has 4 rings (SSSR count). The van der Waals surface area contributed by atoms with E-state index >= 15 is 0 Å². The number of carbonyl (C=O) groups is 1. The molecule has 0 N–H and O–H groups in total. The zero-order valence-corrected chi connectivity index (χ0v) is 19.9. The smallest absolute Gasteiger partial charge is 0.253 e. The van der Waals surface area contributed by atoms with Gasteiger partial charge in [-0.25, -0.2) is 4.39 Å². The molecular weight excluding hydrogens is 399 g/mol. The molecule has 0 saturated carbocycles. The first-order valence-corrected chi connectivity index (χ1v) is 12.6. The molecule has 2 saturated heterocycles. The first-order valence-electron chi connectivity index (χ1n) is 12.6. The zero-order valence-electron chi connectivity index (χ0n) is 19.9. The van der Waals surface area contributed by atoms with Crippen LogP contribution in [0, 0.1) is 11.8 Å². The first-order chi connectivity index (χ1) is 15.4. The normalized spacial score (nSPS) is 22.9. The predicted molar refractivity (Wildman–Crippen MR) is 130 cm³/mol. The number of hydrogen-bond acceptors (Lipinski definition) is 2. The Morgan fingerprint density at radius 1 is 1.03 bits per heavy atom. The molecule has 1 amide bonds. The zero-order chi connectivity index (χ0) is 22.6. The third kappa shape index (κ3) is 6.31. The maximum absolute atomic E-state index is 13.9. The molecule has 0 spiro atoms. The van der Waals surface area contributed by atoms with Gasteiger partial charge in [-0.15, -0.1) is 0 Å². The van der Waals surface area contributed by atoms with Gasteiger partial charge >= 0.3 is 0 Å². The lowest BCUT2D eigenvalue weighted by molar-refractivity contribution is 0.0792. The fraction of sp³-hybridized carbons (Fsp3) is 0.607. The Bertz CT molecular complexity index is 822. The minimum absolute atomic E-state index is 0.168. The van der Waals surface area contributed by atoms with Crippen LogP contribution in [0.15, 0.2) is 42.5 Å². The standard InChI is InChI=1S/C28H39FN2O/c1-28(2,29)21-30-19-15-23(16-20-30)6-5-22-7-9-24(10-8-22)25-11-13-26(14-12-25)27(32)31-17-3-4-18-31/h7,9-14,22-23H,3-6,8,15-21H2,1-2H3. The Morgan fingerprint density at radius 2 is 1.72 bits per heavy atom. The van der Waals surface area contributed by atoms with Crippen molar-refractivity contribution in [2.75, 3.05) is 32.7 Å². The van der Waals surface area contributed by atoms with E-state index in [1.54, 1.807) is 13.8 Å². The van der Waals surface area contributed by atoms with E-state index in [1.165, 1.54) is 36.8 Å². The summed E-state index contributed by atoms with van der Waals surface area (Å²) in [4.78, 5) is 16.8. The van der Waals surface area contributed by atoms with E-state index in [2.05, 4.69) is 35.3 Å². The molecule has 3 nitrogen and oxygen atoms in total. The molecule has 1 aromatic rings. The number of amides is 1. The number of allylic oxidation sites excluding steroid dienone is 4. The minimum Gasteiger partial charge on any atom is -0.339 e. The molecule has 1 aromatic carbocycles. The SMILES string of the molecule is CC(C)(F)CN1CCC(CCC2C=CC(c3ccc(C(=O)N4CCCC4)cc3)=CC2)CC1. The molecule has 1 aliphatic carbocycles. The molecular formula is C28H39FN2O. The summed E-state index contributed by atoms with van der Waals surface area (Å²) in [6, 6.07) is 8.14. The van der Waals surface area contributed by atoms with E-state index in [4.69, 9.17) is 0 Å². The molecule has 0 radical (unpaired) electrons. The van der Waals surface area contributed by atoms with E-state index in [9.17, 15) is 9.18 Å². The third-order valence-corrected chi connectivity index (χ3v) is 7.30. The van der Waals surface area contributed by atoms with Crippen molar-refractivity contribution in [2.24, 2.45) is 11.8 Å². The van der Waals surface area contributed by atoms with E-state index in [1.807, 2.05) is 17.0 Å². The number of likely N-dealkylation sites (tertiary alicyclic amines) is 2. The molecule has 0 bridgehead atoms. The number of halogens is 1. The number of benzene rings is 1. The second-order valence-electron chi connectivity index (χ2n) is 10.6. The molecule has 2 fully saturated rings. The van der Waals surface area contributed by atoms with Crippen LogP contribution in [-0.4, -0.2) is 54.1 Å². The Morgan fingerprint density at radius 3 is 2.31 bits per heavy atom. The number of nitrogens with zero attached hydrogens (tertiary/aromatic N) is 2. The van der Waals surface area contributed by atoms with Crippen molar-refractivity contribution in [3.8, 4) is 0 Å². The van der Waals surface area contributed by atoms with Crippen molar-refractivity contribution < 1.29 is 9.18 Å². The second kappa shape index (κ2) is 10.3. The van der Waals surface area contributed by atoms with E-state index in [0.717, 1.165) is 56.9 Å². The average Bonchev–Trinajstić information content (AvgIpc) is 3.33. The molecule has 174 valence electrons. The first kappa shape index (κ1) is 23.2. The molecule has 2 heterocycles. The highest BCUT2D eigenvalue weighted by Gasteiger charge is 2.25. The monoisotopic (exact) mass is 438 g/mol. The van der Waals surface area contributed by atoms with E-state index in [-0.39, 0.29) is 5.91 Å². The summed E-state index contributed by atoms with van der Waals surface area (Å²) in [6.07, 6.45) is 15.3. The van der Waals surface area contributed by atoms with Gasteiger partial charge in [0.25, 0.3) is 5.91 Å². The van der Waals surface area contributed by atoms with Crippen LogP contribution < -0.4 is 0 Å². The molecule has 1 unspecified atom stereocenters. The Kier molecular flexibility index (Phi) is 7.50. The van der Waals surface area contributed by atoms with Crippen LogP contribution in [0.25, 0.3) is 5.57 Å². The van der Waals surface area contributed by atoms with Crippen LogP contribution in [-0.2, 0) is 0 Å². The fourth-order valence-electron chi connectivity index (χ4n) is 5.42. The lowest BCUT2D eigenvalue weighted by Gasteiger charge is -2.34. The van der Waals surface area contributed by atoms with Gasteiger partial charge in [-0.05, 0) is 107 Å². The summed E-state index contributed by atoms with van der Waals surface area (Å²) in [5, 5.41) is 0. The summed E-state index contributed by atoms with van der Waals surface area (Å²) in [6.45, 7) is 7.79. The van der Waals surface area contributed by atoms with Crippen molar-refractivity contribution >= 4 is 11.5 Å². The summed E-state index contributed by atoms with van der Waals surface area (Å²) in [5.41, 5.74) is 2.17. The summed E-state index contributed by atoms with van der Waals surface area (Å²) in [5.74, 6) is 1.58. The van der Waals surface area contributed by atoms with Gasteiger partial charge in [-0.1, -0.05) is 30.4 Å². The highest BCUT2D eigenvalue weighted by molar-refractivity contribution is 5.94. The topological polar surface area (TPSA) is 23.6 Å². The number of hydrogen-bond donors (Lipinski definition) is 0. The van der Waals surface area contributed by atoms with Crippen LogP contribution in [0.1, 0.15) is 74.7 Å². The maximum Gasteiger partial charge on any atom is 0.253 e. The third-order valence-electron chi connectivity index (χ3n) is 7.30. The quantitative estimate of drug-likeness (QED) is 0.512. The maximum atomic E-state index is 13.9. The van der Waals surface area contributed by atoms with Crippen molar-refractivity contribution in [1.29, 1.82) is 0 Å². The molecule has 4 heteroatoms. The summed E-state index contributed by atoms with van der Waals surface area (Å²) in [7, 11) is 0. The van der Waals surface area contributed by atoms with Gasteiger partial charge in [0, 0.05) is 25.2 Å². The van der Waals surface area contributed by atoms with Gasteiger partial charge in [0.2, 0.25) is 0 Å². The molecule has 3 aliphatic rings. The number of alkyl halides is 1. The number of piperidine rings is 1. The Balaban J connectivity index is 1.21. The highest BCUT2D eigenvalue weighted by atomic mass is 19.1. The summed E-state index contributed by atoms with van der Waals surface area (Å²) < 4.78 is 13.9. The Labute approximate surface area is 193 Å². The van der Waals surface area contributed by atoms with Gasteiger partial charge in [0.05, 0.1) is 0 Å². The van der Waals surface area contributed by atoms with Crippen molar-refractivity contribution in [3.63, 3.8) is 0 Å². The van der Waals surface area contributed by atoms with Crippen LogP contribution in [0.3, 0.4) is 0 Å². The average molecular weight is 439 g/mol. The van der Waals surface area contributed by atoms with Crippen LogP contribution in [0.2, 0.25) is 0 Å². The lowest BCUT2D eigenvalue weighted by Crippen LogP contribution is -2.41. The molecule has 1 atom stereocenters. The fourth-order valence-corrected chi connectivity index (χ4v) is 5.42. The van der Waals surface area contributed by atoms with Gasteiger partial charge < -0.3 is 9.80 Å². The van der Waals surface area contributed by atoms with Gasteiger partial charge in [0.1, 0.15) is 5.67 Å². The summed E-state index contributed by atoms with van der Waals surface area (Å²) >= 11 is 0. The molecule has 0 aromatic heterocycles. The number of rotatable bonds is 7. The van der Waals surface area contributed by atoms with Crippen LogP contribution in [0.5, 0.6) is 0 Å². The number of carbonyl (C=O) groups excluding carboxylic acids is 1. The molecule has 2 aliphatic heterocycles. The van der Waals surface area contributed by atoms with Crippen molar-refractivity contribution in [2.45, 2.75) is 64.5 Å². The van der Waals surface area contributed by atoms with Gasteiger partial charge in [-0.2, -0.15) is 0 Å². The Hall–Kier alpha value is -1.94. The van der Waals surface area contributed by atoms with Crippen molar-refractivity contribution in [3.05, 3.63) is 53.6 Å². The van der Waals surface area contributed by atoms with Crippen LogP contribution in [0.4, 0.5) is 4.39 Å². The van der Waals surface area contributed by atoms with E-state index < -0.39 is 5.67 Å². The largest absolute Gasteiger partial charge is 0.339 e. The van der Waals surface area contributed by atoms with Gasteiger partial charge in [-0.3, -0.25) is 4.79 Å². The van der Waals surface area contributed by atoms with Crippen LogP contribution >= 0.6 is 0 Å². The second-order valence-corrected chi connectivity index (χ2v) is 10.6. The van der Waals surface area contributed by atoms with E-state index in [0.29, 0.717) is 12.5 Å². The minimum atomic E-state index is -1.09. The van der Waals surface area contributed by atoms with Gasteiger partial charge in [0.15, 0.2) is 0 Å². The predicted octanol–water partition coefficient (Wildman–Crippen LogP) is 6.12. The van der Waals surface area contributed by atoms with Crippen molar-refractivity contribution in [1.82, 2.24) is 9.80 Å². The molecule has 32 heavy (non-hydrogen) atoms. The highest BCUT2D eigenvalue weighted by Crippen LogP contribution is 2.31. The lowest BCUT2D eigenvalue weighted by atomic mass is 9.85.